The predicted molar refractivity (Wildman–Crippen MR) is 125 cm³/mol. The van der Waals surface area contributed by atoms with Gasteiger partial charge in [0.2, 0.25) is 18.1 Å². The molecular formula is C25H27N3O5. The first-order valence-electron chi connectivity index (χ1n) is 11.0. The maximum Gasteiger partial charge on any atom is 0.257 e. The lowest BCUT2D eigenvalue weighted by Crippen LogP contribution is -2.50. The summed E-state index contributed by atoms with van der Waals surface area (Å²) in [5.74, 6) is 0.136. The molecule has 2 aromatic carbocycles. The second-order valence-corrected chi connectivity index (χ2v) is 8.26. The Morgan fingerprint density at radius 3 is 2.42 bits per heavy atom. The van der Waals surface area contributed by atoms with E-state index in [1.54, 1.807) is 12.1 Å². The molecule has 2 N–H and O–H groups in total. The summed E-state index contributed by atoms with van der Waals surface area (Å²) in [6.45, 7) is 6.26. The molecule has 2 amide bonds. The van der Waals surface area contributed by atoms with Crippen LogP contribution in [0.4, 0.5) is 0 Å². The zero-order valence-corrected chi connectivity index (χ0v) is 18.9. The van der Waals surface area contributed by atoms with Crippen molar-refractivity contribution in [2.75, 3.05) is 6.79 Å². The lowest BCUT2D eigenvalue weighted by Gasteiger charge is -2.20. The summed E-state index contributed by atoms with van der Waals surface area (Å²) in [5, 5.41) is 5.98. The number of nitrogens with zero attached hydrogens (tertiary/aromatic N) is 1. The van der Waals surface area contributed by atoms with E-state index in [4.69, 9.17) is 9.47 Å². The third-order valence-corrected chi connectivity index (χ3v) is 5.50. The van der Waals surface area contributed by atoms with E-state index in [-0.39, 0.29) is 24.3 Å². The van der Waals surface area contributed by atoms with Crippen LogP contribution in [0.3, 0.4) is 0 Å². The first kappa shape index (κ1) is 22.4. The number of aromatic nitrogens is 1. The molecule has 8 heteroatoms. The van der Waals surface area contributed by atoms with Gasteiger partial charge in [0.15, 0.2) is 11.5 Å². The van der Waals surface area contributed by atoms with Crippen molar-refractivity contribution in [3.05, 3.63) is 70.0 Å². The highest BCUT2D eigenvalue weighted by Crippen LogP contribution is 2.35. The minimum atomic E-state index is -0.829. The number of pyridine rings is 1. The highest BCUT2D eigenvalue weighted by Gasteiger charge is 2.25. The summed E-state index contributed by atoms with van der Waals surface area (Å²) in [5.41, 5.74) is 1.10. The molecule has 0 saturated carbocycles. The molecule has 1 aromatic heterocycles. The van der Waals surface area contributed by atoms with Crippen LogP contribution >= 0.6 is 0 Å². The molecule has 0 spiro atoms. The van der Waals surface area contributed by atoms with E-state index in [1.165, 1.54) is 6.20 Å². The highest BCUT2D eigenvalue weighted by atomic mass is 16.7. The van der Waals surface area contributed by atoms with E-state index in [2.05, 4.69) is 10.6 Å². The van der Waals surface area contributed by atoms with Crippen LogP contribution in [0.1, 0.15) is 36.7 Å². The molecule has 1 atom stereocenters. The fourth-order valence-electron chi connectivity index (χ4n) is 3.88. The summed E-state index contributed by atoms with van der Waals surface area (Å²) >= 11 is 0. The Morgan fingerprint density at radius 1 is 1.06 bits per heavy atom. The van der Waals surface area contributed by atoms with Crippen molar-refractivity contribution in [1.82, 2.24) is 15.2 Å². The van der Waals surface area contributed by atoms with Gasteiger partial charge in [0.25, 0.3) is 5.91 Å². The number of ether oxygens (including phenoxy) is 2. The lowest BCUT2D eigenvalue weighted by atomic mass is 10.0. The summed E-state index contributed by atoms with van der Waals surface area (Å²) in [4.78, 5) is 39.3. The minimum Gasteiger partial charge on any atom is -0.454 e. The molecule has 0 aliphatic carbocycles. The number of carbonyl (C=O) groups is 2. The smallest absolute Gasteiger partial charge is 0.257 e. The number of hydrogen-bond acceptors (Lipinski definition) is 5. The van der Waals surface area contributed by atoms with Gasteiger partial charge in [-0.05, 0) is 32.4 Å². The largest absolute Gasteiger partial charge is 0.454 e. The number of rotatable bonds is 7. The molecule has 172 valence electrons. The summed E-state index contributed by atoms with van der Waals surface area (Å²) in [7, 11) is 0. The number of aryl methyl sites for hydroxylation is 1. The van der Waals surface area contributed by atoms with Gasteiger partial charge >= 0.3 is 0 Å². The van der Waals surface area contributed by atoms with Crippen LogP contribution in [0.2, 0.25) is 0 Å². The van der Waals surface area contributed by atoms with Gasteiger partial charge in [-0.2, -0.15) is 0 Å². The molecular weight excluding hydrogens is 422 g/mol. The van der Waals surface area contributed by atoms with Crippen molar-refractivity contribution < 1.29 is 19.1 Å². The van der Waals surface area contributed by atoms with Crippen LogP contribution in [0, 0.1) is 0 Å². The van der Waals surface area contributed by atoms with Crippen LogP contribution in [-0.4, -0.2) is 35.3 Å². The van der Waals surface area contributed by atoms with Gasteiger partial charge in [-0.25, -0.2) is 0 Å². The Morgan fingerprint density at radius 2 is 1.76 bits per heavy atom. The van der Waals surface area contributed by atoms with Crippen molar-refractivity contribution in [2.24, 2.45) is 0 Å². The second-order valence-electron chi connectivity index (χ2n) is 8.26. The van der Waals surface area contributed by atoms with Gasteiger partial charge in [-0.3, -0.25) is 14.4 Å². The maximum absolute atomic E-state index is 13.3. The third-order valence-electron chi connectivity index (χ3n) is 5.50. The van der Waals surface area contributed by atoms with Crippen molar-refractivity contribution in [3.8, 4) is 11.5 Å². The Labute approximate surface area is 191 Å². The maximum atomic E-state index is 13.3. The first-order chi connectivity index (χ1) is 15.9. The Bertz CT molecular complexity index is 1250. The zero-order valence-electron chi connectivity index (χ0n) is 18.9. The second kappa shape index (κ2) is 9.36. The van der Waals surface area contributed by atoms with E-state index >= 15 is 0 Å². The number of fused-ring (bicyclic) bond motifs is 2. The van der Waals surface area contributed by atoms with Gasteiger partial charge in [-0.15, -0.1) is 0 Å². The lowest BCUT2D eigenvalue weighted by molar-refractivity contribution is -0.123. The summed E-state index contributed by atoms with van der Waals surface area (Å²) in [6.07, 6.45) is 1.83. The molecule has 1 aliphatic heterocycles. The predicted octanol–water partition coefficient (Wildman–Crippen LogP) is 2.62. The monoisotopic (exact) mass is 449 g/mol. The number of benzene rings is 2. The molecule has 33 heavy (non-hydrogen) atoms. The number of carbonyl (C=O) groups excluding carboxylic acids is 2. The topological polar surface area (TPSA) is 98.7 Å². The van der Waals surface area contributed by atoms with Crippen molar-refractivity contribution in [1.29, 1.82) is 0 Å². The van der Waals surface area contributed by atoms with Crippen molar-refractivity contribution in [2.45, 2.75) is 45.8 Å². The first-order valence-corrected chi connectivity index (χ1v) is 11.0. The Hall–Kier alpha value is -3.81. The molecule has 3 aromatic rings. The molecule has 1 aliphatic rings. The summed E-state index contributed by atoms with van der Waals surface area (Å²) in [6, 6.07) is 11.9. The fourth-order valence-corrected chi connectivity index (χ4v) is 3.88. The van der Waals surface area contributed by atoms with Crippen LogP contribution in [-0.2, 0) is 17.8 Å². The van der Waals surface area contributed by atoms with Gasteiger partial charge in [0.05, 0.1) is 10.9 Å². The average molecular weight is 450 g/mol. The molecule has 0 bridgehead atoms. The highest BCUT2D eigenvalue weighted by molar-refractivity contribution is 6.00. The quantitative estimate of drug-likeness (QED) is 0.578. The minimum absolute atomic E-state index is 0.0291. The van der Waals surface area contributed by atoms with Crippen LogP contribution < -0.4 is 25.5 Å². The van der Waals surface area contributed by atoms with Crippen molar-refractivity contribution >= 4 is 22.7 Å². The third kappa shape index (κ3) is 4.69. The normalized spacial score (nSPS) is 13.2. The zero-order chi connectivity index (χ0) is 23.5. The fraction of sp³-hybridized carbons (Fsp3) is 0.320. The number of amides is 2. The number of nitrogens with one attached hydrogen (secondary N) is 2. The molecule has 0 radical (unpaired) electrons. The molecule has 4 rings (SSSR count). The molecule has 0 unspecified atom stereocenters. The SMILES string of the molecule is CCn1cc(C(=O)N[C@@H](Cc2ccccc2)C(=O)NC(C)C)c(=O)c2cc3c(cc21)OCO3. The number of hydrogen-bond donors (Lipinski definition) is 2. The Kier molecular flexibility index (Phi) is 6.35. The molecule has 0 fully saturated rings. The van der Waals surface area contributed by atoms with Crippen LogP contribution in [0.25, 0.3) is 10.9 Å². The molecule has 2 heterocycles. The van der Waals surface area contributed by atoms with Gasteiger partial charge in [0.1, 0.15) is 11.6 Å². The Balaban J connectivity index is 1.69. The van der Waals surface area contributed by atoms with Crippen LogP contribution in [0.15, 0.2) is 53.5 Å². The van der Waals surface area contributed by atoms with Crippen LogP contribution in [0.5, 0.6) is 11.5 Å². The van der Waals surface area contributed by atoms with E-state index < -0.39 is 17.4 Å². The van der Waals surface area contributed by atoms with E-state index in [0.29, 0.717) is 35.4 Å². The van der Waals surface area contributed by atoms with E-state index in [0.717, 1.165) is 5.56 Å². The van der Waals surface area contributed by atoms with Gasteiger partial charge in [0, 0.05) is 31.3 Å². The van der Waals surface area contributed by atoms with Gasteiger partial charge < -0.3 is 24.7 Å². The molecule has 0 saturated heterocycles. The average Bonchev–Trinajstić information content (AvgIpc) is 3.25. The van der Waals surface area contributed by atoms with E-state index in [9.17, 15) is 14.4 Å². The summed E-state index contributed by atoms with van der Waals surface area (Å²) < 4.78 is 12.7. The van der Waals surface area contributed by atoms with E-state index in [1.807, 2.05) is 55.7 Å². The van der Waals surface area contributed by atoms with Gasteiger partial charge in [-0.1, -0.05) is 30.3 Å². The standard InChI is InChI=1S/C25H27N3O5/c1-4-28-13-18(23(29)17-11-21-22(12-20(17)28)33-14-32-21)24(30)27-19(25(31)26-15(2)3)10-16-8-6-5-7-9-16/h5-9,11-13,15,19H,4,10,14H2,1-3H3,(H,26,31)(H,27,30)/t19-/m0/s1. The van der Waals surface area contributed by atoms with Crippen molar-refractivity contribution in [3.63, 3.8) is 0 Å². The molecule has 8 nitrogen and oxygen atoms in total.